The maximum Gasteiger partial charge on any atom is 0.306 e. The zero-order valence-corrected chi connectivity index (χ0v) is 11.5. The Balaban J connectivity index is 2.12. The topological polar surface area (TPSA) is 88.0 Å². The molecule has 0 saturated heterocycles. The Morgan fingerprint density at radius 2 is 2.21 bits per heavy atom. The Morgan fingerprint density at radius 3 is 2.89 bits per heavy atom. The maximum atomic E-state index is 10.9. The largest absolute Gasteiger partial charge is 0.481 e. The lowest BCUT2D eigenvalue weighted by molar-refractivity contribution is -0.143. The summed E-state index contributed by atoms with van der Waals surface area (Å²) in [5.74, 6) is -0.962. The van der Waals surface area contributed by atoms with Gasteiger partial charge in [-0.3, -0.25) is 4.79 Å². The molecular weight excluding hydrogens is 250 g/mol. The van der Waals surface area contributed by atoms with Crippen LogP contribution in [0.15, 0.2) is 0 Å². The molecule has 0 aromatic carbocycles. The Hall–Kier alpha value is -0.690. The van der Waals surface area contributed by atoms with E-state index in [-0.39, 0.29) is 18.6 Å². The van der Waals surface area contributed by atoms with Gasteiger partial charge in [-0.1, -0.05) is 6.42 Å². The van der Waals surface area contributed by atoms with Crippen LogP contribution in [0.25, 0.3) is 0 Å². The summed E-state index contributed by atoms with van der Waals surface area (Å²) in [4.78, 5) is 10.9. The second kappa shape index (κ2) is 9.25. The Kier molecular flexibility index (Phi) is 7.97. The summed E-state index contributed by atoms with van der Waals surface area (Å²) in [6.07, 6.45) is 2.74. The van der Waals surface area contributed by atoms with Crippen LogP contribution in [0.2, 0.25) is 0 Å². The molecule has 6 nitrogen and oxygen atoms in total. The van der Waals surface area contributed by atoms with Gasteiger partial charge >= 0.3 is 5.97 Å². The smallest absolute Gasteiger partial charge is 0.306 e. The molecule has 0 radical (unpaired) electrons. The van der Waals surface area contributed by atoms with Gasteiger partial charge in [-0.05, 0) is 19.3 Å². The average Bonchev–Trinajstić information content (AvgIpc) is 2.41. The van der Waals surface area contributed by atoms with Crippen molar-refractivity contribution in [1.29, 1.82) is 0 Å². The van der Waals surface area contributed by atoms with Crippen LogP contribution in [0.3, 0.4) is 0 Å². The Labute approximate surface area is 114 Å². The molecule has 1 aliphatic rings. The van der Waals surface area contributed by atoms with Crippen molar-refractivity contribution >= 4 is 5.97 Å². The molecule has 3 unspecified atom stereocenters. The minimum absolute atomic E-state index is 0.184. The molecule has 3 N–H and O–H groups in total. The average molecular weight is 275 g/mol. The van der Waals surface area contributed by atoms with Crippen LogP contribution in [-0.2, 0) is 14.3 Å². The van der Waals surface area contributed by atoms with E-state index in [0.29, 0.717) is 26.2 Å². The molecule has 6 heteroatoms. The van der Waals surface area contributed by atoms with Crippen LogP contribution in [0.5, 0.6) is 0 Å². The molecule has 0 bridgehead atoms. The fourth-order valence-corrected chi connectivity index (χ4v) is 2.32. The molecule has 0 spiro atoms. The van der Waals surface area contributed by atoms with Crippen molar-refractivity contribution in [2.24, 2.45) is 5.92 Å². The fraction of sp³-hybridized carbons (Fsp3) is 0.923. The van der Waals surface area contributed by atoms with Gasteiger partial charge in [0.25, 0.3) is 0 Å². The van der Waals surface area contributed by atoms with Gasteiger partial charge in [-0.2, -0.15) is 0 Å². The normalized spacial score (nSPS) is 25.2. The van der Waals surface area contributed by atoms with Crippen LogP contribution >= 0.6 is 0 Å². The van der Waals surface area contributed by atoms with Crippen LogP contribution in [0.4, 0.5) is 0 Å². The third-order valence-corrected chi connectivity index (χ3v) is 3.41. The number of hydrogen-bond acceptors (Lipinski definition) is 5. The quantitative estimate of drug-likeness (QED) is 0.523. The van der Waals surface area contributed by atoms with Crippen LogP contribution in [-0.4, -0.2) is 61.8 Å². The summed E-state index contributed by atoms with van der Waals surface area (Å²) < 4.78 is 10.1. The first-order valence-corrected chi connectivity index (χ1v) is 6.84. The number of aliphatic hydroxyl groups excluding tert-OH is 1. The van der Waals surface area contributed by atoms with E-state index in [1.807, 2.05) is 0 Å². The molecule has 1 saturated carbocycles. The number of ether oxygens (including phenoxy) is 2. The van der Waals surface area contributed by atoms with E-state index in [4.69, 9.17) is 14.6 Å². The van der Waals surface area contributed by atoms with Crippen molar-refractivity contribution in [2.75, 3.05) is 33.5 Å². The lowest BCUT2D eigenvalue weighted by Crippen LogP contribution is -2.41. The zero-order valence-electron chi connectivity index (χ0n) is 11.5. The predicted octanol–water partition coefficient (Wildman–Crippen LogP) is 0.243. The van der Waals surface area contributed by atoms with Crippen LogP contribution in [0.1, 0.15) is 25.7 Å². The van der Waals surface area contributed by atoms with E-state index in [9.17, 15) is 9.90 Å². The molecule has 0 heterocycles. The highest BCUT2D eigenvalue weighted by atomic mass is 16.5. The summed E-state index contributed by atoms with van der Waals surface area (Å²) in [5.41, 5.74) is 0. The highest BCUT2D eigenvalue weighted by Crippen LogP contribution is 2.24. The number of carboxylic acids is 1. The Morgan fingerprint density at radius 1 is 1.42 bits per heavy atom. The Bertz CT molecular complexity index is 261. The SMILES string of the molecule is COCCOCC(O)CNC1CCCC(C(=O)O)C1. The third-order valence-electron chi connectivity index (χ3n) is 3.41. The molecule has 1 rings (SSSR count). The van der Waals surface area contributed by atoms with E-state index in [2.05, 4.69) is 5.32 Å². The molecule has 0 aliphatic heterocycles. The number of hydrogen-bond donors (Lipinski definition) is 3. The third kappa shape index (κ3) is 6.87. The van der Waals surface area contributed by atoms with Crippen LogP contribution in [0, 0.1) is 5.92 Å². The molecule has 19 heavy (non-hydrogen) atoms. The summed E-state index contributed by atoms with van der Waals surface area (Å²) >= 11 is 0. The van der Waals surface area contributed by atoms with Gasteiger partial charge in [0.15, 0.2) is 0 Å². The van der Waals surface area contributed by atoms with E-state index >= 15 is 0 Å². The van der Waals surface area contributed by atoms with Gasteiger partial charge in [0.2, 0.25) is 0 Å². The number of aliphatic hydroxyl groups is 1. The fourth-order valence-electron chi connectivity index (χ4n) is 2.32. The summed E-state index contributed by atoms with van der Waals surface area (Å²) in [7, 11) is 1.60. The highest BCUT2D eigenvalue weighted by Gasteiger charge is 2.26. The second-order valence-electron chi connectivity index (χ2n) is 5.03. The van der Waals surface area contributed by atoms with E-state index in [1.165, 1.54) is 0 Å². The standard InChI is InChI=1S/C13H25NO5/c1-18-5-6-19-9-12(15)8-14-11-4-2-3-10(7-11)13(16)17/h10-12,14-15H,2-9H2,1H3,(H,16,17). The van der Waals surface area contributed by atoms with Gasteiger partial charge in [0.05, 0.1) is 31.8 Å². The number of aliphatic carboxylic acids is 1. The monoisotopic (exact) mass is 275 g/mol. The molecular formula is C13H25NO5. The van der Waals surface area contributed by atoms with E-state index in [1.54, 1.807) is 7.11 Å². The minimum Gasteiger partial charge on any atom is -0.481 e. The molecule has 0 amide bonds. The van der Waals surface area contributed by atoms with E-state index in [0.717, 1.165) is 19.3 Å². The minimum atomic E-state index is -0.713. The van der Waals surface area contributed by atoms with Gasteiger partial charge in [0, 0.05) is 19.7 Å². The second-order valence-corrected chi connectivity index (χ2v) is 5.03. The highest BCUT2D eigenvalue weighted by molar-refractivity contribution is 5.70. The molecule has 0 aromatic rings. The zero-order chi connectivity index (χ0) is 14.1. The van der Waals surface area contributed by atoms with Crippen molar-refractivity contribution in [2.45, 2.75) is 37.8 Å². The first-order valence-electron chi connectivity index (χ1n) is 6.84. The van der Waals surface area contributed by atoms with Crippen LogP contribution < -0.4 is 5.32 Å². The molecule has 112 valence electrons. The lowest BCUT2D eigenvalue weighted by atomic mass is 9.86. The number of nitrogens with one attached hydrogen (secondary N) is 1. The summed E-state index contributed by atoms with van der Waals surface area (Å²) in [6.45, 7) is 1.69. The number of carboxylic acid groups (broad SMARTS) is 1. The van der Waals surface area contributed by atoms with Gasteiger partial charge in [-0.15, -0.1) is 0 Å². The predicted molar refractivity (Wildman–Crippen MR) is 70.1 cm³/mol. The molecule has 0 aromatic heterocycles. The van der Waals surface area contributed by atoms with Gasteiger partial charge in [-0.25, -0.2) is 0 Å². The van der Waals surface area contributed by atoms with Crippen molar-refractivity contribution in [3.8, 4) is 0 Å². The molecule has 1 fully saturated rings. The first kappa shape index (κ1) is 16.4. The maximum absolute atomic E-state index is 10.9. The van der Waals surface area contributed by atoms with Gasteiger partial charge in [0.1, 0.15) is 0 Å². The first-order chi connectivity index (χ1) is 9.13. The van der Waals surface area contributed by atoms with E-state index < -0.39 is 12.1 Å². The number of carbonyl (C=O) groups is 1. The number of methoxy groups -OCH3 is 1. The van der Waals surface area contributed by atoms with Crippen molar-refractivity contribution < 1.29 is 24.5 Å². The molecule has 1 aliphatic carbocycles. The van der Waals surface area contributed by atoms with Gasteiger partial charge < -0.3 is 25.0 Å². The summed E-state index contributed by atoms with van der Waals surface area (Å²) in [5, 5.41) is 21.9. The van der Waals surface area contributed by atoms with Crippen molar-refractivity contribution in [3.63, 3.8) is 0 Å². The molecule has 3 atom stereocenters. The van der Waals surface area contributed by atoms with Crippen molar-refractivity contribution in [3.05, 3.63) is 0 Å². The van der Waals surface area contributed by atoms with Crippen molar-refractivity contribution in [1.82, 2.24) is 5.32 Å². The lowest BCUT2D eigenvalue weighted by Gasteiger charge is -2.28. The summed E-state index contributed by atoms with van der Waals surface area (Å²) in [6, 6.07) is 0.184. The number of rotatable bonds is 9.